The van der Waals surface area contributed by atoms with Crippen LogP contribution in [0.3, 0.4) is 0 Å². The van der Waals surface area contributed by atoms with Crippen LogP contribution < -0.4 is 0 Å². The summed E-state index contributed by atoms with van der Waals surface area (Å²) in [6, 6.07) is 18.6. The molecule has 0 bridgehead atoms. The Morgan fingerprint density at radius 3 is 1.88 bits per heavy atom. The van der Waals surface area contributed by atoms with E-state index in [0.717, 1.165) is 17.4 Å². The highest BCUT2D eigenvalue weighted by molar-refractivity contribution is 5.74. The Kier molecular flexibility index (Phi) is 6.33. The molecular weight excluding hydrogens is 216 g/mol. The van der Waals surface area contributed by atoms with Crippen molar-refractivity contribution in [2.24, 2.45) is 0 Å². The lowest BCUT2D eigenvalue weighted by Gasteiger charge is -1.93. The van der Waals surface area contributed by atoms with Crippen LogP contribution in [0, 0.1) is 0 Å². The molecule has 3 heteroatoms. The average molecular weight is 230 g/mol. The van der Waals surface area contributed by atoms with E-state index in [0.29, 0.717) is 0 Å². The SMILES string of the molecule is O=Cc1ccccc1.OOCc1ccccc1. The first kappa shape index (κ1) is 13.1. The maximum absolute atomic E-state index is 10.0. The van der Waals surface area contributed by atoms with Crippen molar-refractivity contribution in [2.75, 3.05) is 0 Å². The fourth-order valence-corrected chi connectivity index (χ4v) is 1.18. The first-order chi connectivity index (χ1) is 8.36. The molecule has 2 aromatic rings. The van der Waals surface area contributed by atoms with Crippen LogP contribution in [0.25, 0.3) is 0 Å². The summed E-state index contributed by atoms with van der Waals surface area (Å²) in [5, 5.41) is 8.02. The minimum Gasteiger partial charge on any atom is -0.298 e. The van der Waals surface area contributed by atoms with Crippen molar-refractivity contribution in [2.45, 2.75) is 6.61 Å². The molecule has 0 saturated carbocycles. The van der Waals surface area contributed by atoms with Gasteiger partial charge >= 0.3 is 0 Å². The molecule has 0 unspecified atom stereocenters. The van der Waals surface area contributed by atoms with Gasteiger partial charge in [0.05, 0.1) is 0 Å². The second-order valence-electron chi connectivity index (χ2n) is 3.29. The van der Waals surface area contributed by atoms with Crippen molar-refractivity contribution < 1.29 is 14.9 Å². The van der Waals surface area contributed by atoms with Crippen molar-refractivity contribution >= 4 is 6.29 Å². The number of hydrogen-bond donors (Lipinski definition) is 1. The zero-order chi connectivity index (χ0) is 12.3. The number of rotatable bonds is 3. The van der Waals surface area contributed by atoms with Gasteiger partial charge in [0, 0.05) is 5.56 Å². The molecule has 0 fully saturated rings. The number of carbonyl (C=O) groups excluding carboxylic acids is 1. The van der Waals surface area contributed by atoms with Crippen molar-refractivity contribution in [1.82, 2.24) is 0 Å². The van der Waals surface area contributed by atoms with Crippen LogP contribution in [0.4, 0.5) is 0 Å². The van der Waals surface area contributed by atoms with Gasteiger partial charge in [-0.15, -0.1) is 0 Å². The molecule has 0 aliphatic heterocycles. The lowest BCUT2D eigenvalue weighted by atomic mass is 10.2. The molecule has 0 radical (unpaired) electrons. The van der Waals surface area contributed by atoms with Gasteiger partial charge in [0.1, 0.15) is 12.9 Å². The molecule has 0 spiro atoms. The highest BCUT2D eigenvalue weighted by Gasteiger charge is 1.86. The summed E-state index contributed by atoms with van der Waals surface area (Å²) in [5.74, 6) is 0. The Bertz CT molecular complexity index is 412. The molecule has 0 aliphatic carbocycles. The monoisotopic (exact) mass is 230 g/mol. The zero-order valence-corrected chi connectivity index (χ0v) is 9.32. The first-order valence-electron chi connectivity index (χ1n) is 5.17. The normalized spacial score (nSPS) is 9.00. The van der Waals surface area contributed by atoms with Crippen LogP contribution in [-0.4, -0.2) is 11.5 Å². The molecule has 3 nitrogen and oxygen atoms in total. The molecule has 0 heterocycles. The second-order valence-corrected chi connectivity index (χ2v) is 3.29. The van der Waals surface area contributed by atoms with Crippen LogP contribution in [-0.2, 0) is 11.5 Å². The van der Waals surface area contributed by atoms with Crippen molar-refractivity contribution in [3.8, 4) is 0 Å². The summed E-state index contributed by atoms with van der Waals surface area (Å²) in [4.78, 5) is 13.9. The van der Waals surface area contributed by atoms with E-state index in [4.69, 9.17) is 5.26 Å². The Labute approximate surface area is 100 Å². The standard InChI is InChI=1S/C7H8O2.C7H6O/c8-9-6-7-4-2-1-3-5-7;8-6-7-4-2-1-3-5-7/h1-5,8H,6H2;1-6H. The second kappa shape index (κ2) is 8.21. The van der Waals surface area contributed by atoms with E-state index in [-0.39, 0.29) is 6.61 Å². The number of aldehydes is 1. The van der Waals surface area contributed by atoms with Gasteiger partial charge in [-0.05, 0) is 5.56 Å². The third kappa shape index (κ3) is 5.61. The van der Waals surface area contributed by atoms with Gasteiger partial charge in [0.2, 0.25) is 0 Å². The quantitative estimate of drug-likeness (QED) is 0.500. The fourth-order valence-electron chi connectivity index (χ4n) is 1.18. The van der Waals surface area contributed by atoms with Gasteiger partial charge in [0.25, 0.3) is 0 Å². The number of hydrogen-bond acceptors (Lipinski definition) is 3. The number of benzene rings is 2. The van der Waals surface area contributed by atoms with E-state index < -0.39 is 0 Å². The third-order valence-corrected chi connectivity index (χ3v) is 2.01. The van der Waals surface area contributed by atoms with Crippen LogP contribution in [0.1, 0.15) is 15.9 Å². The van der Waals surface area contributed by atoms with Gasteiger partial charge in [-0.1, -0.05) is 60.7 Å². The molecule has 0 amide bonds. The van der Waals surface area contributed by atoms with Gasteiger partial charge in [-0.3, -0.25) is 10.1 Å². The van der Waals surface area contributed by atoms with Crippen LogP contribution in [0.2, 0.25) is 0 Å². The molecule has 17 heavy (non-hydrogen) atoms. The summed E-state index contributed by atoms with van der Waals surface area (Å²) in [7, 11) is 0. The molecular formula is C14H14O3. The van der Waals surface area contributed by atoms with Crippen molar-refractivity contribution in [3.05, 3.63) is 71.8 Å². The predicted octanol–water partition coefficient (Wildman–Crippen LogP) is 3.18. The summed E-state index contributed by atoms with van der Waals surface area (Å²) in [6.45, 7) is 0.265. The van der Waals surface area contributed by atoms with E-state index in [9.17, 15) is 4.79 Å². The van der Waals surface area contributed by atoms with Crippen molar-refractivity contribution in [3.63, 3.8) is 0 Å². The summed E-state index contributed by atoms with van der Waals surface area (Å²) in [6.07, 6.45) is 0.833. The zero-order valence-electron chi connectivity index (χ0n) is 9.32. The number of carbonyl (C=O) groups is 1. The van der Waals surface area contributed by atoms with Gasteiger partial charge < -0.3 is 0 Å². The first-order valence-corrected chi connectivity index (χ1v) is 5.17. The minimum absolute atomic E-state index is 0.265. The molecule has 2 rings (SSSR count). The summed E-state index contributed by atoms with van der Waals surface area (Å²) >= 11 is 0. The molecule has 0 aromatic heterocycles. The molecule has 88 valence electrons. The highest BCUT2D eigenvalue weighted by atomic mass is 17.1. The minimum atomic E-state index is 0.265. The van der Waals surface area contributed by atoms with E-state index in [2.05, 4.69) is 4.89 Å². The third-order valence-electron chi connectivity index (χ3n) is 2.01. The molecule has 2 aromatic carbocycles. The Morgan fingerprint density at radius 2 is 1.47 bits per heavy atom. The average Bonchev–Trinajstić information content (AvgIpc) is 2.42. The Balaban J connectivity index is 0.000000171. The van der Waals surface area contributed by atoms with Crippen LogP contribution in [0.5, 0.6) is 0 Å². The summed E-state index contributed by atoms with van der Waals surface area (Å²) < 4.78 is 0. The molecule has 0 aliphatic rings. The van der Waals surface area contributed by atoms with Gasteiger partial charge in [-0.2, -0.15) is 0 Å². The maximum atomic E-state index is 10.0. The molecule has 0 saturated heterocycles. The fraction of sp³-hybridized carbons (Fsp3) is 0.0714. The smallest absolute Gasteiger partial charge is 0.150 e. The largest absolute Gasteiger partial charge is 0.298 e. The predicted molar refractivity (Wildman–Crippen MR) is 65.7 cm³/mol. The lowest BCUT2D eigenvalue weighted by molar-refractivity contribution is -0.253. The van der Waals surface area contributed by atoms with E-state index in [1.54, 1.807) is 12.1 Å². The van der Waals surface area contributed by atoms with Gasteiger partial charge in [-0.25, -0.2) is 4.89 Å². The van der Waals surface area contributed by atoms with Crippen LogP contribution >= 0.6 is 0 Å². The Hall–Kier alpha value is -1.97. The van der Waals surface area contributed by atoms with E-state index >= 15 is 0 Å². The van der Waals surface area contributed by atoms with E-state index in [1.165, 1.54) is 0 Å². The maximum Gasteiger partial charge on any atom is 0.150 e. The van der Waals surface area contributed by atoms with Crippen LogP contribution in [0.15, 0.2) is 60.7 Å². The molecule has 1 N–H and O–H groups in total. The van der Waals surface area contributed by atoms with E-state index in [1.807, 2.05) is 48.5 Å². The Morgan fingerprint density at radius 1 is 0.941 bits per heavy atom. The van der Waals surface area contributed by atoms with Crippen molar-refractivity contribution in [1.29, 1.82) is 0 Å². The summed E-state index contributed by atoms with van der Waals surface area (Å²) in [5.41, 5.74) is 1.70. The molecule has 0 atom stereocenters. The topological polar surface area (TPSA) is 46.5 Å². The van der Waals surface area contributed by atoms with Gasteiger partial charge in [0.15, 0.2) is 0 Å². The lowest BCUT2D eigenvalue weighted by Crippen LogP contribution is -1.84. The highest BCUT2D eigenvalue weighted by Crippen LogP contribution is 1.98.